The Morgan fingerprint density at radius 1 is 1.22 bits per heavy atom. The quantitative estimate of drug-likeness (QED) is 0.860. The monoisotopic (exact) mass is 242 g/mol. The van der Waals surface area contributed by atoms with Crippen molar-refractivity contribution in [2.24, 2.45) is 5.41 Å². The summed E-state index contributed by atoms with van der Waals surface area (Å²) in [7, 11) is 0. The van der Waals surface area contributed by atoms with Crippen molar-refractivity contribution in [1.82, 2.24) is 4.98 Å². The first kappa shape index (κ1) is 12.9. The Morgan fingerprint density at radius 2 is 1.94 bits per heavy atom. The maximum atomic E-state index is 4.70. The molecule has 0 amide bonds. The molecule has 0 radical (unpaired) electrons. The first-order valence-corrected chi connectivity index (χ1v) is 6.62. The average molecular weight is 242 g/mol. The Balaban J connectivity index is 2.25. The van der Waals surface area contributed by atoms with Crippen molar-refractivity contribution in [2.75, 3.05) is 11.9 Å². The lowest BCUT2D eigenvalue weighted by atomic mass is 9.90. The zero-order chi connectivity index (χ0) is 13.2. The Bertz CT molecular complexity index is 544. The van der Waals surface area contributed by atoms with E-state index in [0.717, 1.165) is 24.3 Å². The predicted molar refractivity (Wildman–Crippen MR) is 79.0 cm³/mol. The van der Waals surface area contributed by atoms with Gasteiger partial charge < -0.3 is 5.32 Å². The minimum absolute atomic E-state index is 0.305. The van der Waals surface area contributed by atoms with Gasteiger partial charge in [-0.3, -0.25) is 0 Å². The van der Waals surface area contributed by atoms with Gasteiger partial charge in [-0.25, -0.2) is 4.98 Å². The number of aromatic nitrogens is 1. The largest absolute Gasteiger partial charge is 0.369 e. The fraction of sp³-hybridized carbons (Fsp3) is 0.438. The average Bonchev–Trinajstić information content (AvgIpc) is 2.36. The number of pyridine rings is 1. The number of nitrogens with one attached hydrogen (secondary N) is 1. The molecule has 1 heterocycles. The standard InChI is InChI=1S/C16H22N2/c1-5-16(3,4)11-17-15-12(2)10-13-8-6-7-9-14(13)18-15/h6-10H,5,11H2,1-4H3,(H,17,18). The van der Waals surface area contributed by atoms with E-state index in [0.29, 0.717) is 5.41 Å². The minimum atomic E-state index is 0.305. The summed E-state index contributed by atoms with van der Waals surface area (Å²) in [6.07, 6.45) is 1.16. The summed E-state index contributed by atoms with van der Waals surface area (Å²) >= 11 is 0. The van der Waals surface area contributed by atoms with E-state index in [1.54, 1.807) is 0 Å². The van der Waals surface area contributed by atoms with Crippen LogP contribution < -0.4 is 5.32 Å². The van der Waals surface area contributed by atoms with Crippen molar-refractivity contribution in [1.29, 1.82) is 0 Å². The van der Waals surface area contributed by atoms with Gasteiger partial charge in [0, 0.05) is 11.9 Å². The molecular weight excluding hydrogens is 220 g/mol. The lowest BCUT2D eigenvalue weighted by molar-refractivity contribution is 0.376. The fourth-order valence-electron chi connectivity index (χ4n) is 1.85. The molecule has 96 valence electrons. The number of hydrogen-bond donors (Lipinski definition) is 1. The third-order valence-electron chi connectivity index (χ3n) is 3.61. The van der Waals surface area contributed by atoms with Crippen molar-refractivity contribution in [3.05, 3.63) is 35.9 Å². The first-order chi connectivity index (χ1) is 8.52. The van der Waals surface area contributed by atoms with Gasteiger partial charge >= 0.3 is 0 Å². The zero-order valence-corrected chi connectivity index (χ0v) is 11.7. The highest BCUT2D eigenvalue weighted by Crippen LogP contribution is 2.23. The summed E-state index contributed by atoms with van der Waals surface area (Å²) in [6, 6.07) is 10.4. The van der Waals surface area contributed by atoms with Crippen LogP contribution >= 0.6 is 0 Å². The molecule has 2 aromatic rings. The molecule has 0 aliphatic rings. The van der Waals surface area contributed by atoms with Gasteiger partial charge in [-0.05, 0) is 36.5 Å². The van der Waals surface area contributed by atoms with E-state index in [9.17, 15) is 0 Å². The van der Waals surface area contributed by atoms with E-state index in [-0.39, 0.29) is 0 Å². The highest BCUT2D eigenvalue weighted by atomic mass is 15.0. The molecule has 0 aliphatic carbocycles. The van der Waals surface area contributed by atoms with Crippen LogP contribution in [0.2, 0.25) is 0 Å². The van der Waals surface area contributed by atoms with E-state index in [1.807, 2.05) is 6.07 Å². The Labute approximate surface area is 109 Å². The Morgan fingerprint density at radius 3 is 2.67 bits per heavy atom. The maximum Gasteiger partial charge on any atom is 0.129 e. The molecule has 0 spiro atoms. The van der Waals surface area contributed by atoms with Crippen LogP contribution in [0, 0.1) is 12.3 Å². The highest BCUT2D eigenvalue weighted by Gasteiger charge is 2.15. The number of hydrogen-bond acceptors (Lipinski definition) is 2. The molecule has 0 bridgehead atoms. The summed E-state index contributed by atoms with van der Waals surface area (Å²) in [4.78, 5) is 4.70. The lowest BCUT2D eigenvalue weighted by Gasteiger charge is -2.23. The van der Waals surface area contributed by atoms with E-state index in [4.69, 9.17) is 4.98 Å². The third-order valence-corrected chi connectivity index (χ3v) is 3.61. The second-order valence-corrected chi connectivity index (χ2v) is 5.72. The Hall–Kier alpha value is -1.57. The molecule has 0 saturated carbocycles. The van der Waals surface area contributed by atoms with Crippen LogP contribution in [0.5, 0.6) is 0 Å². The molecule has 0 atom stereocenters. The van der Waals surface area contributed by atoms with Crippen LogP contribution in [0.3, 0.4) is 0 Å². The summed E-state index contributed by atoms with van der Waals surface area (Å²) < 4.78 is 0. The summed E-state index contributed by atoms with van der Waals surface area (Å²) in [6.45, 7) is 9.84. The first-order valence-electron chi connectivity index (χ1n) is 6.62. The van der Waals surface area contributed by atoms with E-state index in [1.165, 1.54) is 10.9 Å². The van der Waals surface area contributed by atoms with Gasteiger partial charge in [0.15, 0.2) is 0 Å². The topological polar surface area (TPSA) is 24.9 Å². The lowest BCUT2D eigenvalue weighted by Crippen LogP contribution is -2.22. The molecule has 18 heavy (non-hydrogen) atoms. The number of nitrogens with zero attached hydrogens (tertiary/aromatic N) is 1. The van der Waals surface area contributed by atoms with Gasteiger partial charge in [0.2, 0.25) is 0 Å². The van der Waals surface area contributed by atoms with Crippen LogP contribution in [0.25, 0.3) is 10.9 Å². The summed E-state index contributed by atoms with van der Waals surface area (Å²) in [5.74, 6) is 1.01. The molecule has 2 nitrogen and oxygen atoms in total. The second kappa shape index (κ2) is 4.97. The molecule has 1 aromatic heterocycles. The number of anilines is 1. The Kier molecular flexibility index (Phi) is 3.55. The fourth-order valence-corrected chi connectivity index (χ4v) is 1.85. The SMILES string of the molecule is CCC(C)(C)CNc1nc2ccccc2cc1C. The van der Waals surface area contributed by atoms with Crippen molar-refractivity contribution in [2.45, 2.75) is 34.1 Å². The molecule has 0 aliphatic heterocycles. The van der Waals surface area contributed by atoms with Crippen molar-refractivity contribution < 1.29 is 0 Å². The summed E-state index contributed by atoms with van der Waals surface area (Å²) in [5.41, 5.74) is 2.57. The molecule has 2 heteroatoms. The highest BCUT2D eigenvalue weighted by molar-refractivity contribution is 5.81. The number of aryl methyl sites for hydroxylation is 1. The zero-order valence-electron chi connectivity index (χ0n) is 11.7. The van der Waals surface area contributed by atoms with E-state index >= 15 is 0 Å². The number of benzene rings is 1. The van der Waals surface area contributed by atoms with Gasteiger partial charge in [0.05, 0.1) is 5.52 Å². The molecule has 1 aromatic carbocycles. The normalized spacial score (nSPS) is 11.8. The van der Waals surface area contributed by atoms with Crippen LogP contribution in [0.4, 0.5) is 5.82 Å². The van der Waals surface area contributed by atoms with Crippen molar-refractivity contribution in [3.8, 4) is 0 Å². The van der Waals surface area contributed by atoms with E-state index < -0.39 is 0 Å². The number of fused-ring (bicyclic) bond motifs is 1. The van der Waals surface area contributed by atoms with Gasteiger partial charge in [-0.2, -0.15) is 0 Å². The predicted octanol–water partition coefficient (Wildman–Crippen LogP) is 4.39. The minimum Gasteiger partial charge on any atom is -0.369 e. The van der Waals surface area contributed by atoms with Crippen molar-refractivity contribution >= 4 is 16.7 Å². The summed E-state index contributed by atoms with van der Waals surface area (Å²) in [5, 5.41) is 4.69. The van der Waals surface area contributed by atoms with Crippen LogP contribution in [0.1, 0.15) is 32.8 Å². The van der Waals surface area contributed by atoms with Gasteiger partial charge in [-0.1, -0.05) is 39.0 Å². The van der Waals surface area contributed by atoms with Gasteiger partial charge in [0.25, 0.3) is 0 Å². The van der Waals surface area contributed by atoms with Crippen LogP contribution in [0.15, 0.2) is 30.3 Å². The molecular formula is C16H22N2. The van der Waals surface area contributed by atoms with Gasteiger partial charge in [0.1, 0.15) is 5.82 Å². The molecule has 0 unspecified atom stereocenters. The number of rotatable bonds is 4. The number of para-hydroxylation sites is 1. The second-order valence-electron chi connectivity index (χ2n) is 5.72. The molecule has 2 rings (SSSR count). The molecule has 0 saturated heterocycles. The smallest absolute Gasteiger partial charge is 0.129 e. The van der Waals surface area contributed by atoms with E-state index in [2.05, 4.69) is 57.3 Å². The van der Waals surface area contributed by atoms with Crippen LogP contribution in [-0.4, -0.2) is 11.5 Å². The molecule has 0 fully saturated rings. The van der Waals surface area contributed by atoms with Crippen LogP contribution in [-0.2, 0) is 0 Å². The van der Waals surface area contributed by atoms with Gasteiger partial charge in [-0.15, -0.1) is 0 Å². The molecule has 1 N–H and O–H groups in total. The maximum absolute atomic E-state index is 4.70. The third kappa shape index (κ3) is 2.81. The van der Waals surface area contributed by atoms with Crippen molar-refractivity contribution in [3.63, 3.8) is 0 Å².